The molecule has 80 valence electrons. The molecule has 0 aromatic carbocycles. The van der Waals surface area contributed by atoms with Gasteiger partial charge in [-0.05, 0) is 46.5 Å². The molecule has 2 saturated carbocycles. The Hall–Kier alpha value is -0.0200. The lowest BCUT2D eigenvalue weighted by Crippen LogP contribution is -2.27. The third-order valence-electron chi connectivity index (χ3n) is 2.70. The molecule has 0 aromatic heterocycles. The minimum absolute atomic E-state index is 0.199. The first-order valence-electron chi connectivity index (χ1n) is 5.49. The predicted octanol–water partition coefficient (Wildman–Crippen LogP) is 2.71. The zero-order chi connectivity index (χ0) is 10.3. The Morgan fingerprint density at radius 3 is 1.86 bits per heavy atom. The van der Waals surface area contributed by atoms with Crippen molar-refractivity contribution in [2.24, 2.45) is 16.2 Å². The third-order valence-corrected chi connectivity index (χ3v) is 4.13. The lowest BCUT2D eigenvalue weighted by Gasteiger charge is -2.19. The molecule has 0 heterocycles. The topological polar surface area (TPSA) is 35.4 Å². The van der Waals surface area contributed by atoms with Crippen molar-refractivity contribution < 1.29 is 4.55 Å². The Labute approximate surface area is 89.5 Å². The highest BCUT2D eigenvalue weighted by atomic mass is 32.2. The normalized spacial score (nSPS) is 24.6. The largest absolute Gasteiger partial charge is 0.591 e. The number of nitrogens with zero attached hydrogens (tertiary/aromatic N) is 1. The molecule has 2 rings (SSSR count). The molecule has 0 unspecified atom stereocenters. The lowest BCUT2D eigenvalue weighted by atomic mass is 10.2. The number of hydrogen-bond donors (Lipinski definition) is 0. The fourth-order valence-corrected chi connectivity index (χ4v) is 2.24. The van der Waals surface area contributed by atoms with Crippen LogP contribution in [0.4, 0.5) is 0 Å². The molecule has 2 fully saturated rings. The summed E-state index contributed by atoms with van der Waals surface area (Å²) in [7, 11) is 0. The van der Waals surface area contributed by atoms with Gasteiger partial charge in [-0.25, -0.2) is 0 Å². The third kappa shape index (κ3) is 2.51. The fourth-order valence-electron chi connectivity index (χ4n) is 1.47. The predicted molar refractivity (Wildman–Crippen MR) is 60.8 cm³/mol. The van der Waals surface area contributed by atoms with Gasteiger partial charge in [0, 0.05) is 11.8 Å². The van der Waals surface area contributed by atoms with Crippen LogP contribution in [0, 0.1) is 11.8 Å². The van der Waals surface area contributed by atoms with Crippen LogP contribution >= 0.6 is 0 Å². The Kier molecular flexibility index (Phi) is 2.64. The summed E-state index contributed by atoms with van der Waals surface area (Å²) < 4.78 is 16.1. The van der Waals surface area contributed by atoms with Gasteiger partial charge in [-0.3, -0.25) is 0 Å². The summed E-state index contributed by atoms with van der Waals surface area (Å²) in [6, 6.07) is 0. The monoisotopic (exact) mass is 213 g/mol. The molecular weight excluding hydrogens is 194 g/mol. The summed E-state index contributed by atoms with van der Waals surface area (Å²) >= 11 is -1.04. The van der Waals surface area contributed by atoms with Crippen molar-refractivity contribution >= 4 is 17.1 Å². The Balaban J connectivity index is 2.05. The average Bonchev–Trinajstić information content (AvgIpc) is 2.90. The van der Waals surface area contributed by atoms with Gasteiger partial charge in [-0.15, -0.1) is 0 Å². The van der Waals surface area contributed by atoms with Gasteiger partial charge in [0.2, 0.25) is 0 Å². The number of rotatable bonds is 3. The van der Waals surface area contributed by atoms with Crippen LogP contribution in [-0.2, 0) is 11.4 Å². The van der Waals surface area contributed by atoms with E-state index < -0.39 is 11.4 Å². The summed E-state index contributed by atoms with van der Waals surface area (Å²) in [5.74, 6) is 1.38. The highest BCUT2D eigenvalue weighted by molar-refractivity contribution is 7.91. The SMILES string of the molecule is CC(C)(C)[S@@+]([O-])N=C(C1CC1)C1CC1. The Bertz CT molecular complexity index is 235. The van der Waals surface area contributed by atoms with E-state index in [9.17, 15) is 4.55 Å². The van der Waals surface area contributed by atoms with E-state index >= 15 is 0 Å². The lowest BCUT2D eigenvalue weighted by molar-refractivity contribution is 0.561. The van der Waals surface area contributed by atoms with Crippen molar-refractivity contribution in [1.29, 1.82) is 0 Å². The van der Waals surface area contributed by atoms with E-state index in [2.05, 4.69) is 4.40 Å². The van der Waals surface area contributed by atoms with Gasteiger partial charge in [0.05, 0.1) is 5.71 Å². The molecule has 3 heteroatoms. The first kappa shape index (κ1) is 10.5. The van der Waals surface area contributed by atoms with Gasteiger partial charge in [0.15, 0.2) is 0 Å². The summed E-state index contributed by atoms with van der Waals surface area (Å²) in [4.78, 5) is 0. The van der Waals surface area contributed by atoms with Gasteiger partial charge in [0.25, 0.3) is 0 Å². The van der Waals surface area contributed by atoms with Crippen LogP contribution in [0.25, 0.3) is 0 Å². The van der Waals surface area contributed by atoms with Crippen LogP contribution in [0.5, 0.6) is 0 Å². The maximum Gasteiger partial charge on any atom is 0.144 e. The van der Waals surface area contributed by atoms with Crippen LogP contribution in [0.1, 0.15) is 46.5 Å². The van der Waals surface area contributed by atoms with Gasteiger partial charge < -0.3 is 4.55 Å². The minimum Gasteiger partial charge on any atom is -0.591 e. The molecular formula is C11H19NOS. The second-order valence-corrected chi connectivity index (χ2v) is 7.33. The molecule has 0 spiro atoms. The van der Waals surface area contributed by atoms with Crippen LogP contribution < -0.4 is 0 Å². The molecule has 0 bridgehead atoms. The quantitative estimate of drug-likeness (QED) is 0.524. The fraction of sp³-hybridized carbons (Fsp3) is 0.909. The summed E-state index contributed by atoms with van der Waals surface area (Å²) in [5.41, 5.74) is 1.28. The van der Waals surface area contributed by atoms with Crippen LogP contribution in [0.3, 0.4) is 0 Å². The molecule has 0 amide bonds. The number of hydrogen-bond acceptors (Lipinski definition) is 2. The Morgan fingerprint density at radius 1 is 1.14 bits per heavy atom. The second-order valence-electron chi connectivity index (χ2n) is 5.43. The van der Waals surface area contributed by atoms with Crippen molar-refractivity contribution in [3.63, 3.8) is 0 Å². The first-order chi connectivity index (χ1) is 6.48. The van der Waals surface area contributed by atoms with E-state index in [4.69, 9.17) is 0 Å². The van der Waals surface area contributed by atoms with Crippen molar-refractivity contribution in [3.05, 3.63) is 0 Å². The average molecular weight is 213 g/mol. The second kappa shape index (κ2) is 3.53. The maximum atomic E-state index is 11.9. The van der Waals surface area contributed by atoms with Crippen LogP contribution in [0.15, 0.2) is 4.40 Å². The highest BCUT2D eigenvalue weighted by Gasteiger charge is 2.41. The van der Waals surface area contributed by atoms with Gasteiger partial charge in [-0.1, -0.05) is 4.40 Å². The van der Waals surface area contributed by atoms with E-state index in [1.807, 2.05) is 20.8 Å². The molecule has 2 aliphatic rings. The van der Waals surface area contributed by atoms with Gasteiger partial charge in [-0.2, -0.15) is 0 Å². The summed E-state index contributed by atoms with van der Waals surface area (Å²) in [5, 5.41) is 0. The summed E-state index contributed by atoms with van der Waals surface area (Å²) in [6.45, 7) is 5.97. The molecule has 0 radical (unpaired) electrons. The van der Waals surface area contributed by atoms with E-state index in [1.165, 1.54) is 31.4 Å². The van der Waals surface area contributed by atoms with E-state index in [1.54, 1.807) is 0 Å². The van der Waals surface area contributed by atoms with Crippen molar-refractivity contribution in [3.8, 4) is 0 Å². The minimum atomic E-state index is -1.04. The van der Waals surface area contributed by atoms with Crippen molar-refractivity contribution in [1.82, 2.24) is 0 Å². The highest BCUT2D eigenvalue weighted by Crippen LogP contribution is 2.43. The van der Waals surface area contributed by atoms with Gasteiger partial charge >= 0.3 is 0 Å². The smallest absolute Gasteiger partial charge is 0.144 e. The van der Waals surface area contributed by atoms with Crippen molar-refractivity contribution in [2.45, 2.75) is 51.2 Å². The zero-order valence-corrected chi connectivity index (χ0v) is 10.1. The maximum absolute atomic E-state index is 11.9. The van der Waals surface area contributed by atoms with Crippen LogP contribution in [-0.4, -0.2) is 15.0 Å². The van der Waals surface area contributed by atoms with E-state index in [0.29, 0.717) is 11.8 Å². The van der Waals surface area contributed by atoms with Crippen LogP contribution in [0.2, 0.25) is 0 Å². The molecule has 14 heavy (non-hydrogen) atoms. The standard InChI is InChI=1S/C11H19NOS/c1-11(2,3)14(13)12-10(8-4-5-8)9-6-7-9/h8-9H,4-7H2,1-3H3/t14-/m1/s1. The molecule has 0 N–H and O–H groups in total. The summed E-state index contributed by atoms with van der Waals surface area (Å²) in [6.07, 6.45) is 5.10. The molecule has 1 atom stereocenters. The molecule has 0 aliphatic heterocycles. The Morgan fingerprint density at radius 2 is 1.57 bits per heavy atom. The molecule has 2 nitrogen and oxygen atoms in total. The molecule has 0 aromatic rings. The zero-order valence-electron chi connectivity index (χ0n) is 9.25. The van der Waals surface area contributed by atoms with Gasteiger partial charge in [0.1, 0.15) is 16.1 Å². The molecule has 2 aliphatic carbocycles. The first-order valence-corrected chi connectivity index (χ1v) is 6.59. The van der Waals surface area contributed by atoms with E-state index in [-0.39, 0.29) is 4.75 Å². The molecule has 0 saturated heterocycles. The van der Waals surface area contributed by atoms with Crippen molar-refractivity contribution in [2.75, 3.05) is 0 Å². The van der Waals surface area contributed by atoms with E-state index in [0.717, 1.165) is 0 Å².